The second-order valence-electron chi connectivity index (χ2n) is 10.3. The summed E-state index contributed by atoms with van der Waals surface area (Å²) in [4.78, 5) is 28.9. The quantitative estimate of drug-likeness (QED) is 0.343. The van der Waals surface area contributed by atoms with Gasteiger partial charge in [0.15, 0.2) is 6.17 Å². The van der Waals surface area contributed by atoms with Crippen molar-refractivity contribution in [3.63, 3.8) is 0 Å². The summed E-state index contributed by atoms with van der Waals surface area (Å²) in [6.07, 6.45) is 4.92. The van der Waals surface area contributed by atoms with Gasteiger partial charge in [-0.3, -0.25) is 9.78 Å². The smallest absolute Gasteiger partial charge is 0.406 e. The molecule has 6 rings (SSSR count). The maximum atomic E-state index is 14.3. The number of carbonyl (C=O) groups is 2. The van der Waals surface area contributed by atoms with E-state index < -0.39 is 30.4 Å². The number of hydrogen-bond acceptors (Lipinski definition) is 8. The number of alkyl halides is 1. The van der Waals surface area contributed by atoms with Crippen LogP contribution in [-0.2, 0) is 4.74 Å². The summed E-state index contributed by atoms with van der Waals surface area (Å²) in [6, 6.07) is 9.26. The highest BCUT2D eigenvalue weighted by atomic mass is 19.1. The van der Waals surface area contributed by atoms with Crippen molar-refractivity contribution in [3.8, 4) is 17.5 Å². The van der Waals surface area contributed by atoms with Crippen molar-refractivity contribution < 1.29 is 23.8 Å². The number of amides is 2. The fourth-order valence-electron chi connectivity index (χ4n) is 5.37. The molecule has 3 fully saturated rings. The van der Waals surface area contributed by atoms with Crippen LogP contribution in [0.3, 0.4) is 0 Å². The van der Waals surface area contributed by atoms with Gasteiger partial charge in [-0.1, -0.05) is 0 Å². The van der Waals surface area contributed by atoms with Crippen LogP contribution in [0.25, 0.3) is 16.9 Å². The van der Waals surface area contributed by atoms with Gasteiger partial charge in [0.2, 0.25) is 0 Å². The molecule has 0 saturated heterocycles. The van der Waals surface area contributed by atoms with E-state index in [1.54, 1.807) is 16.6 Å². The van der Waals surface area contributed by atoms with Gasteiger partial charge in [-0.25, -0.2) is 13.7 Å². The number of halogens is 1. The SMILES string of the molecule is CNC(=O)OC[C@H](F)CNC(=O)c1cnc(-c2ccc3cc(C#N)cnn23)cc1NC12CCC(O)(CC1)CC2. The summed E-state index contributed by atoms with van der Waals surface area (Å²) in [5, 5.41) is 32.6. The van der Waals surface area contributed by atoms with E-state index in [4.69, 9.17) is 4.74 Å². The predicted molar refractivity (Wildman–Crippen MR) is 140 cm³/mol. The number of ether oxygens (including phenoxy) is 1. The summed E-state index contributed by atoms with van der Waals surface area (Å²) < 4.78 is 20.6. The van der Waals surface area contributed by atoms with Crippen LogP contribution >= 0.6 is 0 Å². The molecule has 0 aromatic carbocycles. The first-order chi connectivity index (χ1) is 18.7. The topological polar surface area (TPSA) is 154 Å². The molecule has 0 unspecified atom stereocenters. The van der Waals surface area contributed by atoms with Crippen LogP contribution in [0.1, 0.15) is 54.4 Å². The Labute approximate surface area is 224 Å². The molecule has 3 heterocycles. The van der Waals surface area contributed by atoms with Gasteiger partial charge in [0.25, 0.3) is 5.91 Å². The van der Waals surface area contributed by atoms with Gasteiger partial charge in [0, 0.05) is 18.8 Å². The molecule has 12 heteroatoms. The molecule has 3 aliphatic rings. The Kier molecular flexibility index (Phi) is 7.10. The number of nitriles is 1. The zero-order valence-electron chi connectivity index (χ0n) is 21.5. The lowest BCUT2D eigenvalue weighted by Crippen LogP contribution is -2.54. The number of aromatic nitrogens is 3. The number of pyridine rings is 1. The van der Waals surface area contributed by atoms with Gasteiger partial charge in [0.1, 0.15) is 12.7 Å². The van der Waals surface area contributed by atoms with Crippen molar-refractivity contribution in [2.24, 2.45) is 0 Å². The van der Waals surface area contributed by atoms with Crippen LogP contribution in [0.4, 0.5) is 14.9 Å². The maximum Gasteiger partial charge on any atom is 0.406 e. The van der Waals surface area contributed by atoms with Gasteiger partial charge in [-0.2, -0.15) is 10.4 Å². The molecule has 3 aliphatic carbocycles. The molecule has 0 radical (unpaired) electrons. The minimum absolute atomic E-state index is 0.250. The fraction of sp³-hybridized carbons (Fsp3) is 0.444. The minimum atomic E-state index is -1.58. The van der Waals surface area contributed by atoms with E-state index in [0.29, 0.717) is 41.9 Å². The van der Waals surface area contributed by atoms with Crippen molar-refractivity contribution in [2.75, 3.05) is 25.5 Å². The van der Waals surface area contributed by atoms with Gasteiger partial charge < -0.3 is 25.8 Å². The number of anilines is 1. The largest absolute Gasteiger partial charge is 0.446 e. The number of carbonyl (C=O) groups excluding carboxylic acids is 2. The molecule has 2 amide bonds. The summed E-state index contributed by atoms with van der Waals surface area (Å²) >= 11 is 0. The molecule has 4 N–H and O–H groups in total. The van der Waals surface area contributed by atoms with E-state index in [1.807, 2.05) is 12.1 Å². The predicted octanol–water partition coefficient (Wildman–Crippen LogP) is 2.94. The maximum absolute atomic E-state index is 14.3. The molecule has 1 atom stereocenters. The number of rotatable bonds is 8. The summed E-state index contributed by atoms with van der Waals surface area (Å²) in [7, 11) is 1.37. The van der Waals surface area contributed by atoms with Crippen molar-refractivity contribution in [3.05, 3.63) is 47.8 Å². The average molecular weight is 536 g/mol. The van der Waals surface area contributed by atoms with Gasteiger partial charge >= 0.3 is 6.09 Å². The zero-order valence-corrected chi connectivity index (χ0v) is 21.5. The number of aliphatic hydroxyl groups is 1. The molecule has 3 aromatic heterocycles. The Morgan fingerprint density at radius 2 is 1.95 bits per heavy atom. The first kappa shape index (κ1) is 26.4. The Bertz CT molecular complexity index is 1430. The lowest BCUT2D eigenvalue weighted by atomic mass is 9.63. The summed E-state index contributed by atoms with van der Waals surface area (Å²) in [6.45, 7) is -0.834. The van der Waals surface area contributed by atoms with Crippen molar-refractivity contribution in [2.45, 2.75) is 55.8 Å². The van der Waals surface area contributed by atoms with E-state index in [1.165, 1.54) is 19.4 Å². The highest BCUT2D eigenvalue weighted by molar-refractivity contribution is 6.00. The Hall–Kier alpha value is -4.24. The lowest BCUT2D eigenvalue weighted by molar-refractivity contribution is -0.0580. The number of hydrogen-bond donors (Lipinski definition) is 4. The van der Waals surface area contributed by atoms with Crippen LogP contribution in [0, 0.1) is 11.3 Å². The van der Waals surface area contributed by atoms with E-state index in [2.05, 4.69) is 32.1 Å². The molecule has 11 nitrogen and oxygen atoms in total. The van der Waals surface area contributed by atoms with Gasteiger partial charge in [0.05, 0.1) is 52.1 Å². The van der Waals surface area contributed by atoms with Crippen molar-refractivity contribution >= 4 is 23.2 Å². The third-order valence-corrected chi connectivity index (χ3v) is 7.73. The average Bonchev–Trinajstić information content (AvgIpc) is 3.38. The number of nitrogens with one attached hydrogen (secondary N) is 3. The number of nitrogens with zero attached hydrogens (tertiary/aromatic N) is 4. The van der Waals surface area contributed by atoms with Crippen molar-refractivity contribution in [1.29, 1.82) is 5.26 Å². The minimum Gasteiger partial charge on any atom is -0.446 e. The molecule has 204 valence electrons. The molecule has 3 aromatic rings. The van der Waals surface area contributed by atoms with Gasteiger partial charge in [-0.05, 0) is 62.8 Å². The number of alkyl carbamates (subject to hydrolysis) is 1. The molecule has 2 bridgehead atoms. The first-order valence-electron chi connectivity index (χ1n) is 12.9. The normalized spacial score (nSPS) is 22.6. The molecular formula is C27H30FN7O4. The van der Waals surface area contributed by atoms with Crippen LogP contribution in [0.5, 0.6) is 0 Å². The van der Waals surface area contributed by atoms with E-state index in [-0.39, 0.29) is 17.6 Å². The molecule has 39 heavy (non-hydrogen) atoms. The van der Waals surface area contributed by atoms with E-state index in [9.17, 15) is 24.3 Å². The molecule has 0 spiro atoms. The standard InChI is InChI=1S/C27H30FN7O4/c1-30-25(37)39-16-18(28)14-32-24(36)20-15-31-22(23-3-2-19-10-17(12-29)13-33-35(19)23)11-21(20)34-26-4-7-27(38,8-5-26)9-6-26/h2-3,10-11,13,15,18,38H,4-9,14,16H2,1H3,(H,30,37)(H,31,34)(H,32,36)/t18-,26?,27?/m1/s1. The third kappa shape index (κ3) is 5.49. The molecule has 3 saturated carbocycles. The monoisotopic (exact) mass is 535 g/mol. The number of fused-ring (bicyclic) bond motifs is 4. The Balaban J connectivity index is 1.42. The Morgan fingerprint density at radius 1 is 1.21 bits per heavy atom. The van der Waals surface area contributed by atoms with E-state index >= 15 is 0 Å². The van der Waals surface area contributed by atoms with Crippen LogP contribution in [0.2, 0.25) is 0 Å². The van der Waals surface area contributed by atoms with Crippen LogP contribution in [-0.4, -0.2) is 69.2 Å². The first-order valence-corrected chi connectivity index (χ1v) is 12.9. The second-order valence-corrected chi connectivity index (χ2v) is 10.3. The second kappa shape index (κ2) is 10.5. The summed E-state index contributed by atoms with van der Waals surface area (Å²) in [5.74, 6) is -0.518. The van der Waals surface area contributed by atoms with Crippen LogP contribution in [0.15, 0.2) is 36.7 Å². The van der Waals surface area contributed by atoms with Gasteiger partial charge in [-0.15, -0.1) is 0 Å². The van der Waals surface area contributed by atoms with Crippen LogP contribution < -0.4 is 16.0 Å². The molecule has 0 aliphatic heterocycles. The molecular weight excluding hydrogens is 505 g/mol. The highest BCUT2D eigenvalue weighted by Gasteiger charge is 2.48. The fourth-order valence-corrected chi connectivity index (χ4v) is 5.37. The zero-order chi connectivity index (χ0) is 27.6. The lowest BCUT2D eigenvalue weighted by Gasteiger charge is -2.51. The highest BCUT2D eigenvalue weighted by Crippen LogP contribution is 2.48. The third-order valence-electron chi connectivity index (χ3n) is 7.73. The summed E-state index contributed by atoms with van der Waals surface area (Å²) in [5.41, 5.74) is 2.32. The van der Waals surface area contributed by atoms with E-state index in [0.717, 1.165) is 24.8 Å². The Morgan fingerprint density at radius 3 is 2.64 bits per heavy atom. The van der Waals surface area contributed by atoms with Crippen molar-refractivity contribution in [1.82, 2.24) is 25.2 Å².